The highest BCUT2D eigenvalue weighted by atomic mass is 35.5. The van der Waals surface area contributed by atoms with E-state index in [4.69, 9.17) is 11.6 Å². The third-order valence-electron chi connectivity index (χ3n) is 4.59. The average Bonchev–Trinajstić information content (AvgIpc) is 2.72. The first kappa shape index (κ1) is 21.0. The molecule has 29 heavy (non-hydrogen) atoms. The molecule has 0 saturated heterocycles. The molecule has 1 N–H and O–H groups in total. The standard InChI is InChI=1S/C22H21ClN2O3S/c1-16-20(23)9-6-10-21(16)24-22(26)18-13-11-17(12-14-18)15-25(2)29(27,28)19-7-4-3-5-8-19/h3-14H,15H2,1-2H3,(H,24,26). The molecule has 0 radical (unpaired) electrons. The Morgan fingerprint density at radius 3 is 2.28 bits per heavy atom. The Bertz CT molecular complexity index is 1110. The summed E-state index contributed by atoms with van der Waals surface area (Å²) < 4.78 is 26.5. The van der Waals surface area contributed by atoms with Crippen LogP contribution in [0.15, 0.2) is 77.7 Å². The maximum Gasteiger partial charge on any atom is 0.255 e. The van der Waals surface area contributed by atoms with Gasteiger partial charge >= 0.3 is 0 Å². The van der Waals surface area contributed by atoms with E-state index in [9.17, 15) is 13.2 Å². The fraction of sp³-hybridized carbons (Fsp3) is 0.136. The van der Waals surface area contributed by atoms with Crippen molar-refractivity contribution in [2.75, 3.05) is 12.4 Å². The van der Waals surface area contributed by atoms with Gasteiger partial charge in [0.25, 0.3) is 5.91 Å². The van der Waals surface area contributed by atoms with Gasteiger partial charge in [0.15, 0.2) is 0 Å². The monoisotopic (exact) mass is 428 g/mol. The molecule has 0 saturated carbocycles. The van der Waals surface area contributed by atoms with E-state index < -0.39 is 10.0 Å². The Morgan fingerprint density at radius 1 is 0.966 bits per heavy atom. The fourth-order valence-corrected chi connectivity index (χ4v) is 4.17. The first-order valence-corrected chi connectivity index (χ1v) is 10.8. The zero-order valence-corrected chi connectivity index (χ0v) is 17.7. The van der Waals surface area contributed by atoms with Crippen molar-refractivity contribution in [2.45, 2.75) is 18.4 Å². The van der Waals surface area contributed by atoms with Gasteiger partial charge in [-0.3, -0.25) is 4.79 Å². The van der Waals surface area contributed by atoms with Crippen LogP contribution >= 0.6 is 11.6 Å². The second-order valence-electron chi connectivity index (χ2n) is 6.64. The summed E-state index contributed by atoms with van der Waals surface area (Å²) in [7, 11) is -2.04. The number of anilines is 1. The van der Waals surface area contributed by atoms with Crippen LogP contribution in [0.2, 0.25) is 5.02 Å². The molecule has 0 heterocycles. The van der Waals surface area contributed by atoms with E-state index in [0.717, 1.165) is 11.1 Å². The number of hydrogen-bond acceptors (Lipinski definition) is 3. The summed E-state index contributed by atoms with van der Waals surface area (Å²) in [5.74, 6) is -0.257. The Kier molecular flexibility index (Phi) is 6.37. The molecule has 1 amide bonds. The lowest BCUT2D eigenvalue weighted by molar-refractivity contribution is 0.102. The van der Waals surface area contributed by atoms with Crippen LogP contribution in [0, 0.1) is 6.92 Å². The minimum absolute atomic E-state index is 0.201. The second-order valence-corrected chi connectivity index (χ2v) is 9.09. The number of nitrogens with one attached hydrogen (secondary N) is 1. The van der Waals surface area contributed by atoms with Crippen LogP contribution in [0.5, 0.6) is 0 Å². The number of benzene rings is 3. The van der Waals surface area contributed by atoms with Crippen molar-refractivity contribution >= 4 is 33.2 Å². The summed E-state index contributed by atoms with van der Waals surface area (Å²) >= 11 is 6.09. The molecule has 0 aliphatic rings. The van der Waals surface area contributed by atoms with Gasteiger partial charge < -0.3 is 5.32 Å². The number of rotatable bonds is 6. The van der Waals surface area contributed by atoms with Crippen LogP contribution < -0.4 is 5.32 Å². The van der Waals surface area contributed by atoms with E-state index in [0.29, 0.717) is 16.3 Å². The van der Waals surface area contributed by atoms with E-state index in [1.54, 1.807) is 72.8 Å². The average molecular weight is 429 g/mol. The number of sulfonamides is 1. The van der Waals surface area contributed by atoms with Crippen molar-refractivity contribution in [3.8, 4) is 0 Å². The van der Waals surface area contributed by atoms with Gasteiger partial charge in [-0.05, 0) is 54.4 Å². The van der Waals surface area contributed by atoms with Crippen LogP contribution in [-0.4, -0.2) is 25.7 Å². The molecule has 0 bridgehead atoms. The second kappa shape index (κ2) is 8.78. The van der Waals surface area contributed by atoms with Gasteiger partial charge in [0.2, 0.25) is 10.0 Å². The van der Waals surface area contributed by atoms with Crippen molar-refractivity contribution in [3.05, 3.63) is 94.5 Å². The highest BCUT2D eigenvalue weighted by molar-refractivity contribution is 7.89. The van der Waals surface area contributed by atoms with Gasteiger partial charge in [-0.2, -0.15) is 4.31 Å². The van der Waals surface area contributed by atoms with Gasteiger partial charge in [-0.15, -0.1) is 0 Å². The van der Waals surface area contributed by atoms with E-state index >= 15 is 0 Å². The van der Waals surface area contributed by atoms with E-state index in [-0.39, 0.29) is 17.3 Å². The maximum atomic E-state index is 12.6. The third kappa shape index (κ3) is 4.85. The largest absolute Gasteiger partial charge is 0.322 e. The molecule has 3 rings (SSSR count). The molecular formula is C22H21ClN2O3S. The van der Waals surface area contributed by atoms with Crippen LogP contribution in [0.25, 0.3) is 0 Å². The predicted octanol–water partition coefficient (Wildman–Crippen LogP) is 4.72. The molecule has 3 aromatic rings. The summed E-state index contributed by atoms with van der Waals surface area (Å²) in [5.41, 5.74) is 2.70. The normalized spacial score (nSPS) is 11.4. The van der Waals surface area contributed by atoms with Crippen LogP contribution in [0.4, 0.5) is 5.69 Å². The first-order valence-electron chi connectivity index (χ1n) is 8.96. The summed E-state index contributed by atoms with van der Waals surface area (Å²) in [5, 5.41) is 3.43. The predicted molar refractivity (Wildman–Crippen MR) is 116 cm³/mol. The quantitative estimate of drug-likeness (QED) is 0.617. The van der Waals surface area contributed by atoms with E-state index in [1.165, 1.54) is 11.4 Å². The zero-order chi connectivity index (χ0) is 21.0. The maximum absolute atomic E-state index is 12.6. The lowest BCUT2D eigenvalue weighted by atomic mass is 10.1. The molecule has 7 heteroatoms. The SMILES string of the molecule is Cc1c(Cl)cccc1NC(=O)c1ccc(CN(C)S(=O)(=O)c2ccccc2)cc1. The summed E-state index contributed by atoms with van der Waals surface area (Å²) in [4.78, 5) is 12.7. The van der Waals surface area contributed by atoms with Crippen LogP contribution in [-0.2, 0) is 16.6 Å². The van der Waals surface area contributed by atoms with Gasteiger partial charge in [-0.1, -0.05) is 48.0 Å². The Balaban J connectivity index is 1.70. The molecule has 0 unspecified atom stereocenters. The molecule has 3 aromatic carbocycles. The highest BCUT2D eigenvalue weighted by Gasteiger charge is 2.20. The summed E-state index contributed by atoms with van der Waals surface area (Å²) in [6, 6.07) is 20.5. The summed E-state index contributed by atoms with van der Waals surface area (Å²) in [6.45, 7) is 2.04. The minimum atomic E-state index is -3.57. The molecule has 0 aromatic heterocycles. The highest BCUT2D eigenvalue weighted by Crippen LogP contribution is 2.23. The smallest absolute Gasteiger partial charge is 0.255 e. The lowest BCUT2D eigenvalue weighted by Crippen LogP contribution is -2.26. The molecule has 0 aliphatic heterocycles. The fourth-order valence-electron chi connectivity index (χ4n) is 2.81. The number of halogens is 1. The Morgan fingerprint density at radius 2 is 1.62 bits per heavy atom. The number of amides is 1. The number of nitrogens with zero attached hydrogens (tertiary/aromatic N) is 1. The van der Waals surface area contributed by atoms with Crippen molar-refractivity contribution in [1.82, 2.24) is 4.31 Å². The summed E-state index contributed by atoms with van der Waals surface area (Å²) in [6.07, 6.45) is 0. The van der Waals surface area contributed by atoms with Crippen LogP contribution in [0.1, 0.15) is 21.5 Å². The number of hydrogen-bond donors (Lipinski definition) is 1. The van der Waals surface area contributed by atoms with E-state index in [2.05, 4.69) is 5.32 Å². The first-order chi connectivity index (χ1) is 13.8. The molecule has 0 atom stereocenters. The number of carbonyl (C=O) groups is 1. The number of carbonyl (C=O) groups excluding carboxylic acids is 1. The Labute approximate surface area is 176 Å². The minimum Gasteiger partial charge on any atom is -0.322 e. The van der Waals surface area contributed by atoms with Crippen LogP contribution in [0.3, 0.4) is 0 Å². The van der Waals surface area contributed by atoms with Gasteiger partial charge in [-0.25, -0.2) is 8.42 Å². The van der Waals surface area contributed by atoms with Gasteiger partial charge in [0.1, 0.15) is 0 Å². The topological polar surface area (TPSA) is 66.5 Å². The molecule has 0 fully saturated rings. The molecule has 0 aliphatic carbocycles. The molecule has 0 spiro atoms. The Hall–Kier alpha value is -2.67. The van der Waals surface area contributed by atoms with Crippen molar-refractivity contribution in [3.63, 3.8) is 0 Å². The van der Waals surface area contributed by atoms with Crippen molar-refractivity contribution < 1.29 is 13.2 Å². The molecule has 5 nitrogen and oxygen atoms in total. The lowest BCUT2D eigenvalue weighted by Gasteiger charge is -2.17. The van der Waals surface area contributed by atoms with Crippen molar-refractivity contribution in [2.24, 2.45) is 0 Å². The van der Waals surface area contributed by atoms with Gasteiger partial charge in [0.05, 0.1) is 4.90 Å². The van der Waals surface area contributed by atoms with Gasteiger partial charge in [0, 0.05) is 29.9 Å². The van der Waals surface area contributed by atoms with Crippen molar-refractivity contribution in [1.29, 1.82) is 0 Å². The third-order valence-corrected chi connectivity index (χ3v) is 6.82. The molecule has 150 valence electrons. The molecular weight excluding hydrogens is 408 g/mol. The zero-order valence-electron chi connectivity index (χ0n) is 16.1. The van der Waals surface area contributed by atoms with E-state index in [1.807, 2.05) is 6.92 Å².